The van der Waals surface area contributed by atoms with E-state index in [1.165, 1.54) is 0 Å². The molecule has 1 atom stereocenters. The molecule has 0 aromatic heterocycles. The lowest BCUT2D eigenvalue weighted by Crippen LogP contribution is -2.37. The van der Waals surface area contributed by atoms with Gasteiger partial charge in [-0.3, -0.25) is 14.5 Å². The van der Waals surface area contributed by atoms with Crippen LogP contribution in [0.2, 0.25) is 0 Å². The van der Waals surface area contributed by atoms with Crippen molar-refractivity contribution in [3.05, 3.63) is 0 Å². The highest BCUT2D eigenvalue weighted by Crippen LogP contribution is 2.19. The number of likely N-dealkylation sites (tertiary alicyclic amines) is 1. The summed E-state index contributed by atoms with van der Waals surface area (Å²) in [5, 5.41) is 11.7. The van der Waals surface area contributed by atoms with Crippen molar-refractivity contribution in [2.75, 3.05) is 19.6 Å². The maximum Gasteiger partial charge on any atom is 0.307 e. The van der Waals surface area contributed by atoms with Crippen LogP contribution in [0.3, 0.4) is 0 Å². The first-order valence-electron chi connectivity index (χ1n) is 5.39. The van der Waals surface area contributed by atoms with Gasteiger partial charge in [0, 0.05) is 12.6 Å². The third-order valence-corrected chi connectivity index (χ3v) is 2.93. The minimum Gasteiger partial charge on any atom is -0.481 e. The molecule has 0 aromatic rings. The Morgan fingerprint density at radius 1 is 1.33 bits per heavy atom. The monoisotopic (exact) mass is 212 g/mol. The van der Waals surface area contributed by atoms with E-state index in [1.807, 2.05) is 4.90 Å². The number of carboxylic acids is 1. The van der Waals surface area contributed by atoms with Crippen molar-refractivity contribution in [2.24, 2.45) is 5.92 Å². The van der Waals surface area contributed by atoms with Crippen LogP contribution in [-0.2, 0) is 9.59 Å². The van der Waals surface area contributed by atoms with Gasteiger partial charge in [-0.1, -0.05) is 0 Å². The standard InChI is InChI=1S/C10H16N2O3/c13-9(11-8-1-2-8)6-12-4-3-7(5-12)10(14)15/h7-8H,1-6H2,(H,11,13)(H,14,15). The molecule has 84 valence electrons. The third kappa shape index (κ3) is 2.92. The van der Waals surface area contributed by atoms with Crippen molar-refractivity contribution in [3.63, 3.8) is 0 Å². The van der Waals surface area contributed by atoms with Crippen molar-refractivity contribution >= 4 is 11.9 Å². The maximum absolute atomic E-state index is 11.4. The van der Waals surface area contributed by atoms with Crippen molar-refractivity contribution in [1.29, 1.82) is 0 Å². The lowest BCUT2D eigenvalue weighted by Gasteiger charge is -2.14. The van der Waals surface area contributed by atoms with Crippen molar-refractivity contribution in [1.82, 2.24) is 10.2 Å². The zero-order valence-corrected chi connectivity index (χ0v) is 8.61. The maximum atomic E-state index is 11.4. The van der Waals surface area contributed by atoms with Gasteiger partial charge in [-0.25, -0.2) is 0 Å². The highest BCUT2D eigenvalue weighted by atomic mass is 16.4. The Balaban J connectivity index is 1.71. The number of nitrogens with one attached hydrogen (secondary N) is 1. The van der Waals surface area contributed by atoms with E-state index < -0.39 is 5.97 Å². The van der Waals surface area contributed by atoms with E-state index in [9.17, 15) is 9.59 Å². The van der Waals surface area contributed by atoms with E-state index in [0.717, 1.165) is 19.4 Å². The van der Waals surface area contributed by atoms with Crippen LogP contribution in [0.4, 0.5) is 0 Å². The molecule has 0 bridgehead atoms. The largest absolute Gasteiger partial charge is 0.481 e. The lowest BCUT2D eigenvalue weighted by atomic mass is 10.1. The first-order valence-corrected chi connectivity index (χ1v) is 5.39. The number of carbonyl (C=O) groups excluding carboxylic acids is 1. The molecular formula is C10H16N2O3. The second-order valence-corrected chi connectivity index (χ2v) is 4.40. The highest BCUT2D eigenvalue weighted by Gasteiger charge is 2.30. The Hall–Kier alpha value is -1.10. The third-order valence-electron chi connectivity index (χ3n) is 2.93. The Bertz CT molecular complexity index is 276. The first kappa shape index (κ1) is 10.4. The Morgan fingerprint density at radius 2 is 2.07 bits per heavy atom. The molecule has 1 aliphatic carbocycles. The summed E-state index contributed by atoms with van der Waals surface area (Å²) in [6.45, 7) is 1.57. The Morgan fingerprint density at radius 3 is 2.60 bits per heavy atom. The van der Waals surface area contributed by atoms with Crippen LogP contribution in [0, 0.1) is 5.92 Å². The first-order chi connectivity index (χ1) is 7.15. The zero-order chi connectivity index (χ0) is 10.8. The van der Waals surface area contributed by atoms with Crippen molar-refractivity contribution in [2.45, 2.75) is 25.3 Å². The number of rotatable bonds is 4. The average Bonchev–Trinajstić information content (AvgIpc) is 2.82. The van der Waals surface area contributed by atoms with Crippen LogP contribution >= 0.6 is 0 Å². The average molecular weight is 212 g/mol. The summed E-state index contributed by atoms with van der Waals surface area (Å²) < 4.78 is 0. The van der Waals surface area contributed by atoms with Crippen LogP contribution < -0.4 is 5.32 Å². The summed E-state index contributed by atoms with van der Waals surface area (Å²) in [6, 6.07) is 0.385. The smallest absolute Gasteiger partial charge is 0.307 e. The lowest BCUT2D eigenvalue weighted by molar-refractivity contribution is -0.141. The van der Waals surface area contributed by atoms with Gasteiger partial charge in [-0.2, -0.15) is 0 Å². The number of hydrogen-bond donors (Lipinski definition) is 2. The predicted octanol–water partition coefficient (Wildman–Crippen LogP) is -0.328. The molecule has 2 fully saturated rings. The minimum atomic E-state index is -0.750. The minimum absolute atomic E-state index is 0.0311. The molecule has 2 N–H and O–H groups in total. The summed E-state index contributed by atoms with van der Waals surface area (Å²) in [5.74, 6) is -1.01. The van der Waals surface area contributed by atoms with E-state index in [0.29, 0.717) is 25.6 Å². The fourth-order valence-electron chi connectivity index (χ4n) is 1.88. The number of nitrogens with zero attached hydrogens (tertiary/aromatic N) is 1. The molecule has 5 nitrogen and oxygen atoms in total. The number of carbonyl (C=O) groups is 2. The molecule has 2 aliphatic rings. The van der Waals surface area contributed by atoms with Gasteiger partial charge in [0.15, 0.2) is 0 Å². The molecule has 15 heavy (non-hydrogen) atoms. The van der Waals surface area contributed by atoms with Gasteiger partial charge in [0.2, 0.25) is 5.91 Å². The highest BCUT2D eigenvalue weighted by molar-refractivity contribution is 5.79. The van der Waals surface area contributed by atoms with Crippen LogP contribution in [-0.4, -0.2) is 47.6 Å². The van der Waals surface area contributed by atoms with Crippen LogP contribution in [0.15, 0.2) is 0 Å². The molecule has 0 spiro atoms. The predicted molar refractivity (Wildman–Crippen MR) is 53.3 cm³/mol. The summed E-state index contributed by atoms with van der Waals surface area (Å²) in [7, 11) is 0. The molecular weight excluding hydrogens is 196 g/mol. The number of hydrogen-bond acceptors (Lipinski definition) is 3. The Kier molecular flexibility index (Phi) is 2.90. The van der Waals surface area contributed by atoms with Gasteiger partial charge in [0.25, 0.3) is 0 Å². The van der Waals surface area contributed by atoms with Gasteiger partial charge in [0.1, 0.15) is 0 Å². The van der Waals surface area contributed by atoms with Gasteiger partial charge < -0.3 is 10.4 Å². The molecule has 1 aliphatic heterocycles. The van der Waals surface area contributed by atoms with E-state index >= 15 is 0 Å². The summed E-state index contributed by atoms with van der Waals surface area (Å²) >= 11 is 0. The van der Waals surface area contributed by atoms with Gasteiger partial charge in [-0.05, 0) is 25.8 Å². The van der Waals surface area contributed by atoms with Gasteiger partial charge >= 0.3 is 5.97 Å². The second-order valence-electron chi connectivity index (χ2n) is 4.40. The molecule has 0 radical (unpaired) electrons. The summed E-state index contributed by atoms with van der Waals surface area (Å²) in [4.78, 5) is 24.0. The van der Waals surface area contributed by atoms with Crippen LogP contribution in [0.25, 0.3) is 0 Å². The molecule has 1 heterocycles. The molecule has 5 heteroatoms. The molecule has 1 saturated heterocycles. The van der Waals surface area contributed by atoms with Crippen molar-refractivity contribution in [3.8, 4) is 0 Å². The molecule has 1 amide bonds. The van der Waals surface area contributed by atoms with E-state index in [-0.39, 0.29) is 11.8 Å². The zero-order valence-electron chi connectivity index (χ0n) is 8.61. The van der Waals surface area contributed by atoms with Crippen molar-refractivity contribution < 1.29 is 14.7 Å². The fraction of sp³-hybridized carbons (Fsp3) is 0.800. The number of carboxylic acid groups (broad SMARTS) is 1. The SMILES string of the molecule is O=C(CN1CCC(C(=O)O)C1)NC1CC1. The quantitative estimate of drug-likeness (QED) is 0.669. The van der Waals surface area contributed by atoms with E-state index in [1.54, 1.807) is 0 Å². The summed E-state index contributed by atoms with van der Waals surface area (Å²) in [5.41, 5.74) is 0. The number of aliphatic carboxylic acids is 1. The van der Waals surface area contributed by atoms with E-state index in [4.69, 9.17) is 5.11 Å². The summed E-state index contributed by atoms with van der Waals surface area (Å²) in [6.07, 6.45) is 2.83. The molecule has 0 aromatic carbocycles. The molecule has 1 unspecified atom stereocenters. The van der Waals surface area contributed by atoms with Crippen LogP contribution in [0.5, 0.6) is 0 Å². The van der Waals surface area contributed by atoms with E-state index in [2.05, 4.69) is 5.32 Å². The van der Waals surface area contributed by atoms with Crippen LogP contribution in [0.1, 0.15) is 19.3 Å². The normalized spacial score (nSPS) is 26.5. The molecule has 2 rings (SSSR count). The number of amides is 1. The van der Waals surface area contributed by atoms with Gasteiger partial charge in [-0.15, -0.1) is 0 Å². The second kappa shape index (κ2) is 4.18. The topological polar surface area (TPSA) is 69.6 Å². The Labute approximate surface area is 88.4 Å². The van der Waals surface area contributed by atoms with Gasteiger partial charge in [0.05, 0.1) is 12.5 Å². The molecule has 1 saturated carbocycles. The fourth-order valence-corrected chi connectivity index (χ4v) is 1.88.